The van der Waals surface area contributed by atoms with Crippen LogP contribution in [0.4, 0.5) is 5.69 Å². The summed E-state index contributed by atoms with van der Waals surface area (Å²) in [6.45, 7) is 4.65. The van der Waals surface area contributed by atoms with E-state index < -0.39 is 11.0 Å². The minimum Gasteiger partial charge on any atom is -0.327 e. The lowest BCUT2D eigenvalue weighted by Gasteiger charge is -2.31. The normalized spacial score (nSPS) is 12.0. The maximum Gasteiger partial charge on any atom is 0.270 e. The van der Waals surface area contributed by atoms with E-state index in [1.165, 1.54) is 18.2 Å². The number of nitro benzene ring substituents is 1. The van der Waals surface area contributed by atoms with E-state index in [4.69, 9.17) is 4.98 Å². The second-order valence-corrected chi connectivity index (χ2v) is 9.25. The fraction of sp³-hybridized carbons (Fsp3) is 0.250. The molecule has 9 heteroatoms. The standard InChI is InChI=1S/C28H29N5O4/c1-19-9-7-11-22(17-19)32-26(29-25-14-6-5-13-24(25)28(32)35)20(2)31(16-15-30(3)4)27(34)21-10-8-12-23(18-21)33(36)37/h5-14,17-18,20H,15-16H2,1-4H3. The largest absolute Gasteiger partial charge is 0.327 e. The maximum absolute atomic E-state index is 13.8. The summed E-state index contributed by atoms with van der Waals surface area (Å²) in [6.07, 6.45) is 0. The van der Waals surface area contributed by atoms with Crippen LogP contribution in [-0.4, -0.2) is 57.4 Å². The summed E-state index contributed by atoms with van der Waals surface area (Å²) in [4.78, 5) is 46.7. The summed E-state index contributed by atoms with van der Waals surface area (Å²) in [5.74, 6) is 0.0306. The van der Waals surface area contributed by atoms with Gasteiger partial charge in [-0.25, -0.2) is 4.98 Å². The third-order valence-corrected chi connectivity index (χ3v) is 6.26. The molecule has 9 nitrogen and oxygen atoms in total. The number of aryl methyl sites for hydroxylation is 1. The number of fused-ring (bicyclic) bond motifs is 1. The average Bonchev–Trinajstić information content (AvgIpc) is 2.88. The van der Waals surface area contributed by atoms with Gasteiger partial charge in [-0.2, -0.15) is 0 Å². The number of carbonyl (C=O) groups excluding carboxylic acids is 1. The molecule has 0 saturated carbocycles. The summed E-state index contributed by atoms with van der Waals surface area (Å²) in [7, 11) is 3.80. The monoisotopic (exact) mass is 499 g/mol. The molecular formula is C28H29N5O4. The van der Waals surface area contributed by atoms with E-state index in [2.05, 4.69) is 0 Å². The minimum atomic E-state index is -0.621. The summed E-state index contributed by atoms with van der Waals surface area (Å²) >= 11 is 0. The Hall–Kier alpha value is -4.37. The van der Waals surface area contributed by atoms with E-state index in [0.717, 1.165) is 5.56 Å². The van der Waals surface area contributed by atoms with Gasteiger partial charge in [0.15, 0.2) is 0 Å². The van der Waals surface area contributed by atoms with Gasteiger partial charge >= 0.3 is 0 Å². The smallest absolute Gasteiger partial charge is 0.270 e. The van der Waals surface area contributed by atoms with Gasteiger partial charge in [0.2, 0.25) is 0 Å². The van der Waals surface area contributed by atoms with E-state index in [0.29, 0.717) is 35.5 Å². The predicted octanol–water partition coefficient (Wildman–Crippen LogP) is 4.37. The van der Waals surface area contributed by atoms with Gasteiger partial charge < -0.3 is 9.80 Å². The Balaban J connectivity index is 1.90. The second kappa shape index (κ2) is 10.7. The number of carbonyl (C=O) groups is 1. The Labute approximate surface area is 214 Å². The summed E-state index contributed by atoms with van der Waals surface area (Å²) in [5, 5.41) is 11.8. The van der Waals surface area contributed by atoms with Crippen LogP contribution in [0.2, 0.25) is 0 Å². The molecule has 190 valence electrons. The highest BCUT2D eigenvalue weighted by Gasteiger charge is 2.28. The van der Waals surface area contributed by atoms with Crippen molar-refractivity contribution in [2.45, 2.75) is 19.9 Å². The first-order valence-corrected chi connectivity index (χ1v) is 12.0. The van der Waals surface area contributed by atoms with E-state index >= 15 is 0 Å². The lowest BCUT2D eigenvalue weighted by atomic mass is 10.1. The molecule has 1 atom stereocenters. The van der Waals surface area contributed by atoms with Crippen LogP contribution < -0.4 is 5.56 Å². The second-order valence-electron chi connectivity index (χ2n) is 9.25. The molecule has 0 bridgehead atoms. The molecule has 0 fully saturated rings. The van der Waals surface area contributed by atoms with Crippen LogP contribution in [0.1, 0.15) is 34.7 Å². The number of aromatic nitrogens is 2. The third-order valence-electron chi connectivity index (χ3n) is 6.26. The molecule has 1 unspecified atom stereocenters. The van der Waals surface area contributed by atoms with Gasteiger partial charge in [0.1, 0.15) is 5.82 Å². The number of likely N-dealkylation sites (N-methyl/N-ethyl adjacent to an activating group) is 1. The Kier molecular flexibility index (Phi) is 7.45. The quantitative estimate of drug-likeness (QED) is 0.264. The first-order chi connectivity index (χ1) is 17.7. The summed E-state index contributed by atoms with van der Waals surface area (Å²) < 4.78 is 1.56. The van der Waals surface area contributed by atoms with Gasteiger partial charge in [0.25, 0.3) is 17.2 Å². The fourth-order valence-corrected chi connectivity index (χ4v) is 4.28. The van der Waals surface area contributed by atoms with Crippen molar-refractivity contribution >= 4 is 22.5 Å². The van der Waals surface area contributed by atoms with Crippen molar-refractivity contribution in [3.63, 3.8) is 0 Å². The zero-order valence-electron chi connectivity index (χ0n) is 21.3. The zero-order chi connectivity index (χ0) is 26.7. The molecule has 0 saturated heterocycles. The topological polar surface area (TPSA) is 102 Å². The average molecular weight is 500 g/mol. The number of benzene rings is 3. The third kappa shape index (κ3) is 5.41. The molecule has 0 aliphatic rings. The van der Waals surface area contributed by atoms with Crippen LogP contribution in [0.15, 0.2) is 77.6 Å². The Morgan fingerprint density at radius 3 is 2.46 bits per heavy atom. The zero-order valence-corrected chi connectivity index (χ0v) is 21.3. The lowest BCUT2D eigenvalue weighted by molar-refractivity contribution is -0.384. The maximum atomic E-state index is 13.8. The Bertz CT molecular complexity index is 1530. The van der Waals surface area contributed by atoms with Crippen molar-refractivity contribution in [1.82, 2.24) is 19.4 Å². The van der Waals surface area contributed by atoms with Crippen molar-refractivity contribution in [3.05, 3.63) is 110 Å². The number of nitrogens with zero attached hydrogens (tertiary/aromatic N) is 5. The van der Waals surface area contributed by atoms with Crippen molar-refractivity contribution in [2.75, 3.05) is 27.2 Å². The molecule has 37 heavy (non-hydrogen) atoms. The van der Waals surface area contributed by atoms with E-state index in [9.17, 15) is 19.7 Å². The van der Waals surface area contributed by atoms with Crippen LogP contribution in [0, 0.1) is 17.0 Å². The van der Waals surface area contributed by atoms with E-state index in [1.54, 1.807) is 33.7 Å². The molecule has 1 aromatic heterocycles. The first-order valence-electron chi connectivity index (χ1n) is 12.0. The van der Waals surface area contributed by atoms with Crippen molar-refractivity contribution in [2.24, 2.45) is 0 Å². The SMILES string of the molecule is Cc1cccc(-n2c(C(C)N(CCN(C)C)C(=O)c3cccc([N+](=O)[O-])c3)nc3ccccc3c2=O)c1. The molecule has 3 aromatic carbocycles. The molecule has 1 amide bonds. The van der Waals surface area contributed by atoms with E-state index in [-0.39, 0.29) is 22.7 Å². The number of non-ortho nitro benzene ring substituents is 1. The number of hydrogen-bond donors (Lipinski definition) is 0. The van der Waals surface area contributed by atoms with Crippen LogP contribution in [0.5, 0.6) is 0 Å². The molecule has 0 aliphatic heterocycles. The van der Waals surface area contributed by atoms with Crippen LogP contribution in [0.3, 0.4) is 0 Å². The molecule has 4 rings (SSSR count). The molecule has 4 aromatic rings. The highest BCUT2D eigenvalue weighted by Crippen LogP contribution is 2.26. The molecule has 0 aliphatic carbocycles. The predicted molar refractivity (Wildman–Crippen MR) is 143 cm³/mol. The molecular weight excluding hydrogens is 470 g/mol. The van der Waals surface area contributed by atoms with Crippen LogP contribution in [-0.2, 0) is 0 Å². The van der Waals surface area contributed by atoms with Crippen molar-refractivity contribution in [3.8, 4) is 5.69 Å². The van der Waals surface area contributed by atoms with Crippen LogP contribution >= 0.6 is 0 Å². The van der Waals surface area contributed by atoms with Gasteiger partial charge in [-0.3, -0.25) is 24.3 Å². The van der Waals surface area contributed by atoms with Gasteiger partial charge in [-0.1, -0.05) is 30.3 Å². The van der Waals surface area contributed by atoms with Gasteiger partial charge in [-0.05, 0) is 63.8 Å². The molecule has 0 radical (unpaired) electrons. The number of nitro groups is 1. The summed E-state index contributed by atoms with van der Waals surface area (Å²) in [5.41, 5.74) is 1.98. The first kappa shape index (κ1) is 25.7. The molecule has 1 heterocycles. The van der Waals surface area contributed by atoms with Crippen molar-refractivity contribution in [1.29, 1.82) is 0 Å². The lowest BCUT2D eigenvalue weighted by Crippen LogP contribution is -2.41. The number of rotatable bonds is 8. The summed E-state index contributed by atoms with van der Waals surface area (Å²) in [6, 6.07) is 19.8. The highest BCUT2D eigenvalue weighted by atomic mass is 16.6. The fourth-order valence-electron chi connectivity index (χ4n) is 4.28. The van der Waals surface area contributed by atoms with Gasteiger partial charge in [0, 0.05) is 30.8 Å². The number of amides is 1. The van der Waals surface area contributed by atoms with Gasteiger partial charge in [0.05, 0.1) is 27.6 Å². The van der Waals surface area contributed by atoms with Gasteiger partial charge in [-0.15, -0.1) is 0 Å². The molecule has 0 spiro atoms. The highest BCUT2D eigenvalue weighted by molar-refractivity contribution is 5.95. The van der Waals surface area contributed by atoms with Crippen molar-refractivity contribution < 1.29 is 9.72 Å². The van der Waals surface area contributed by atoms with Crippen LogP contribution in [0.25, 0.3) is 16.6 Å². The number of hydrogen-bond acceptors (Lipinski definition) is 6. The van der Waals surface area contributed by atoms with E-state index in [1.807, 2.05) is 63.2 Å². The molecule has 0 N–H and O–H groups in total. The Morgan fingerprint density at radius 1 is 1.03 bits per heavy atom. The minimum absolute atomic E-state index is 0.161. The Morgan fingerprint density at radius 2 is 1.76 bits per heavy atom. The number of para-hydroxylation sites is 1.